The topological polar surface area (TPSA) is 38.5 Å². The Labute approximate surface area is 101 Å². The van der Waals surface area contributed by atoms with E-state index < -0.39 is 0 Å². The summed E-state index contributed by atoms with van der Waals surface area (Å²) in [6.45, 7) is 12.5. The molecule has 0 aliphatic heterocycles. The van der Waals surface area contributed by atoms with Crippen molar-refractivity contribution in [3.8, 4) is 0 Å². The number of hydrogen-bond acceptors (Lipinski definition) is 3. The molecule has 0 aromatic heterocycles. The van der Waals surface area contributed by atoms with E-state index in [-0.39, 0.29) is 0 Å². The van der Waals surface area contributed by atoms with Crippen molar-refractivity contribution in [1.82, 2.24) is 4.90 Å². The zero-order valence-electron chi connectivity index (χ0n) is 11.4. The van der Waals surface area contributed by atoms with Crippen molar-refractivity contribution >= 4 is 0 Å². The Bertz CT molecular complexity index is 140. The molecule has 2 N–H and O–H groups in total. The molecule has 3 nitrogen and oxygen atoms in total. The zero-order chi connectivity index (χ0) is 12.2. The highest BCUT2D eigenvalue weighted by Crippen LogP contribution is 2.00. The van der Waals surface area contributed by atoms with Crippen LogP contribution in [0.15, 0.2) is 0 Å². The molecule has 98 valence electrons. The predicted molar refractivity (Wildman–Crippen MR) is 70.7 cm³/mol. The van der Waals surface area contributed by atoms with Gasteiger partial charge in [0.15, 0.2) is 0 Å². The van der Waals surface area contributed by atoms with E-state index in [9.17, 15) is 0 Å². The van der Waals surface area contributed by atoms with E-state index in [2.05, 4.69) is 25.7 Å². The third kappa shape index (κ3) is 10.4. The second-order valence-electron chi connectivity index (χ2n) is 4.80. The van der Waals surface area contributed by atoms with Gasteiger partial charge in [0.1, 0.15) is 0 Å². The minimum atomic E-state index is 0.716. The molecule has 0 unspecified atom stereocenters. The molecule has 16 heavy (non-hydrogen) atoms. The molecule has 0 aliphatic carbocycles. The minimum Gasteiger partial charge on any atom is -0.380 e. The summed E-state index contributed by atoms with van der Waals surface area (Å²) in [5.41, 5.74) is 5.54. The van der Waals surface area contributed by atoms with Crippen LogP contribution in [-0.2, 0) is 4.74 Å². The van der Waals surface area contributed by atoms with Crippen LogP contribution in [0, 0.1) is 5.92 Å². The maximum absolute atomic E-state index is 5.59. The quantitative estimate of drug-likeness (QED) is 0.553. The molecule has 0 radical (unpaired) electrons. The number of nitrogens with two attached hydrogens (primary N) is 1. The lowest BCUT2D eigenvalue weighted by Crippen LogP contribution is -2.33. The molecule has 0 saturated heterocycles. The summed E-state index contributed by atoms with van der Waals surface area (Å²) < 4.78 is 5.59. The largest absolute Gasteiger partial charge is 0.380 e. The molecular formula is C13H30N2O. The van der Waals surface area contributed by atoms with Gasteiger partial charge in [-0.3, -0.25) is 0 Å². The fourth-order valence-corrected chi connectivity index (χ4v) is 1.67. The van der Waals surface area contributed by atoms with Crippen molar-refractivity contribution in [3.05, 3.63) is 0 Å². The minimum absolute atomic E-state index is 0.716. The molecule has 0 atom stereocenters. The first-order valence-electron chi connectivity index (χ1n) is 6.70. The van der Waals surface area contributed by atoms with E-state index >= 15 is 0 Å². The van der Waals surface area contributed by atoms with E-state index in [1.54, 1.807) is 0 Å². The van der Waals surface area contributed by atoms with Gasteiger partial charge in [-0.2, -0.15) is 0 Å². The molecule has 0 aromatic carbocycles. The monoisotopic (exact) mass is 230 g/mol. The maximum Gasteiger partial charge on any atom is 0.0593 e. The summed E-state index contributed by atoms with van der Waals surface area (Å²) in [5, 5.41) is 0. The third-order valence-electron chi connectivity index (χ3n) is 2.50. The molecule has 0 aliphatic rings. The fraction of sp³-hybridized carbons (Fsp3) is 1.00. The van der Waals surface area contributed by atoms with Gasteiger partial charge < -0.3 is 15.4 Å². The number of ether oxygens (including phenoxy) is 1. The lowest BCUT2D eigenvalue weighted by molar-refractivity contribution is 0.0971. The summed E-state index contributed by atoms with van der Waals surface area (Å²) in [6, 6.07) is 0. The maximum atomic E-state index is 5.59. The summed E-state index contributed by atoms with van der Waals surface area (Å²) in [7, 11) is 0. The zero-order valence-corrected chi connectivity index (χ0v) is 11.4. The number of rotatable bonds is 11. The fourth-order valence-electron chi connectivity index (χ4n) is 1.67. The number of unbranched alkanes of at least 4 members (excludes halogenated alkanes) is 1. The molecule has 3 heteroatoms. The van der Waals surface area contributed by atoms with Crippen molar-refractivity contribution in [2.75, 3.05) is 39.4 Å². The third-order valence-corrected chi connectivity index (χ3v) is 2.50. The Morgan fingerprint density at radius 2 is 1.88 bits per heavy atom. The van der Waals surface area contributed by atoms with E-state index in [0.717, 1.165) is 45.8 Å². The first-order chi connectivity index (χ1) is 7.70. The highest BCUT2D eigenvalue weighted by atomic mass is 16.5. The van der Waals surface area contributed by atoms with Crippen LogP contribution >= 0.6 is 0 Å². The molecule has 0 saturated carbocycles. The second-order valence-corrected chi connectivity index (χ2v) is 4.80. The highest BCUT2D eigenvalue weighted by Gasteiger charge is 2.06. The van der Waals surface area contributed by atoms with E-state index in [4.69, 9.17) is 10.5 Å². The Morgan fingerprint density at radius 3 is 2.44 bits per heavy atom. The molecule has 0 spiro atoms. The van der Waals surface area contributed by atoms with Crippen molar-refractivity contribution in [2.24, 2.45) is 11.7 Å². The summed E-state index contributed by atoms with van der Waals surface area (Å²) in [4.78, 5) is 2.46. The predicted octanol–water partition coefficient (Wildman–Crippen LogP) is 2.11. The van der Waals surface area contributed by atoms with Crippen molar-refractivity contribution in [3.63, 3.8) is 0 Å². The van der Waals surface area contributed by atoms with Crippen molar-refractivity contribution in [1.29, 1.82) is 0 Å². The summed E-state index contributed by atoms with van der Waals surface area (Å²) >= 11 is 0. The van der Waals surface area contributed by atoms with Gasteiger partial charge in [0.2, 0.25) is 0 Å². The van der Waals surface area contributed by atoms with Crippen LogP contribution < -0.4 is 5.73 Å². The summed E-state index contributed by atoms with van der Waals surface area (Å²) in [6.07, 6.45) is 3.47. The number of hydrogen-bond donors (Lipinski definition) is 1. The van der Waals surface area contributed by atoms with Crippen LogP contribution in [0.2, 0.25) is 0 Å². The molecule has 0 fully saturated rings. The molecular weight excluding hydrogens is 200 g/mol. The summed E-state index contributed by atoms with van der Waals surface area (Å²) in [5.74, 6) is 0.716. The Balaban J connectivity index is 3.56. The smallest absolute Gasteiger partial charge is 0.0593 e. The van der Waals surface area contributed by atoms with E-state index in [1.807, 2.05) is 0 Å². The molecule has 0 heterocycles. The SMILES string of the molecule is CCCCOCCN(CCCN)CC(C)C. The van der Waals surface area contributed by atoms with Gasteiger partial charge >= 0.3 is 0 Å². The Kier molecular flexibility index (Phi) is 11.3. The van der Waals surface area contributed by atoms with Crippen LogP contribution in [0.4, 0.5) is 0 Å². The normalized spacial score (nSPS) is 11.6. The molecule has 0 rings (SSSR count). The van der Waals surface area contributed by atoms with Gasteiger partial charge in [0.05, 0.1) is 6.61 Å². The average molecular weight is 230 g/mol. The van der Waals surface area contributed by atoms with Crippen LogP contribution in [0.3, 0.4) is 0 Å². The van der Waals surface area contributed by atoms with Crippen LogP contribution in [0.1, 0.15) is 40.0 Å². The molecule has 0 bridgehead atoms. The molecule has 0 amide bonds. The Morgan fingerprint density at radius 1 is 1.12 bits per heavy atom. The van der Waals surface area contributed by atoms with Gasteiger partial charge in [-0.25, -0.2) is 0 Å². The van der Waals surface area contributed by atoms with E-state index in [1.165, 1.54) is 12.8 Å². The lowest BCUT2D eigenvalue weighted by atomic mass is 10.2. The van der Waals surface area contributed by atoms with Gasteiger partial charge in [0, 0.05) is 19.7 Å². The standard InChI is InChI=1S/C13H30N2O/c1-4-5-10-16-11-9-15(8-6-7-14)12-13(2)3/h13H,4-12,14H2,1-3H3. The van der Waals surface area contributed by atoms with E-state index in [0.29, 0.717) is 5.92 Å². The van der Waals surface area contributed by atoms with Crippen LogP contribution in [-0.4, -0.2) is 44.3 Å². The van der Waals surface area contributed by atoms with Gasteiger partial charge in [-0.15, -0.1) is 0 Å². The van der Waals surface area contributed by atoms with Crippen molar-refractivity contribution in [2.45, 2.75) is 40.0 Å². The van der Waals surface area contributed by atoms with Crippen LogP contribution in [0.25, 0.3) is 0 Å². The average Bonchev–Trinajstić information content (AvgIpc) is 2.24. The van der Waals surface area contributed by atoms with Gasteiger partial charge in [-0.1, -0.05) is 27.2 Å². The lowest BCUT2D eigenvalue weighted by Gasteiger charge is -2.23. The van der Waals surface area contributed by atoms with Crippen molar-refractivity contribution < 1.29 is 4.74 Å². The molecule has 0 aromatic rings. The van der Waals surface area contributed by atoms with Gasteiger partial charge in [0.25, 0.3) is 0 Å². The van der Waals surface area contributed by atoms with Gasteiger partial charge in [-0.05, 0) is 31.8 Å². The first kappa shape index (κ1) is 15.9. The van der Waals surface area contributed by atoms with Crippen LogP contribution in [0.5, 0.6) is 0 Å². The first-order valence-corrected chi connectivity index (χ1v) is 6.70. The second kappa shape index (κ2) is 11.4. The highest BCUT2D eigenvalue weighted by molar-refractivity contribution is 4.60. The number of nitrogens with zero attached hydrogens (tertiary/aromatic N) is 1. The Hall–Kier alpha value is -0.120.